The van der Waals surface area contributed by atoms with E-state index >= 15 is 0 Å². The Morgan fingerprint density at radius 1 is 1.36 bits per heavy atom. The molecular formula is C10H21NOS2. The van der Waals surface area contributed by atoms with Crippen LogP contribution in [0.1, 0.15) is 26.7 Å². The molecule has 0 heterocycles. The number of ketones is 1. The van der Waals surface area contributed by atoms with Gasteiger partial charge in [-0.25, -0.2) is 0 Å². The van der Waals surface area contributed by atoms with E-state index in [0.717, 1.165) is 17.3 Å². The molecule has 0 aromatic carbocycles. The standard InChI is InChI=1S/C10H21NOS2/c1-4-10(12)9(11-3)6-7-14-8-13-5-2/h9,11H,4-8H2,1-3H3. The van der Waals surface area contributed by atoms with Gasteiger partial charge in [0.2, 0.25) is 0 Å². The van der Waals surface area contributed by atoms with Crippen LogP contribution in [0.3, 0.4) is 0 Å². The third kappa shape index (κ3) is 6.74. The Morgan fingerprint density at radius 3 is 2.57 bits per heavy atom. The van der Waals surface area contributed by atoms with Crippen molar-refractivity contribution >= 4 is 29.3 Å². The van der Waals surface area contributed by atoms with Gasteiger partial charge in [0, 0.05) is 11.5 Å². The molecule has 0 aromatic rings. The summed E-state index contributed by atoms with van der Waals surface area (Å²) in [4.78, 5) is 11.4. The Morgan fingerprint density at radius 2 is 2.07 bits per heavy atom. The Kier molecular flexibility index (Phi) is 10.1. The highest BCUT2D eigenvalue weighted by Crippen LogP contribution is 2.13. The summed E-state index contributed by atoms with van der Waals surface area (Å²) in [6, 6.07) is 0.0686. The normalized spacial score (nSPS) is 12.8. The second-order valence-electron chi connectivity index (χ2n) is 2.97. The van der Waals surface area contributed by atoms with Gasteiger partial charge < -0.3 is 5.32 Å². The molecule has 14 heavy (non-hydrogen) atoms. The maximum absolute atomic E-state index is 11.4. The fourth-order valence-electron chi connectivity index (χ4n) is 1.12. The molecule has 0 amide bonds. The van der Waals surface area contributed by atoms with E-state index < -0.39 is 0 Å². The average Bonchev–Trinajstić information content (AvgIpc) is 2.22. The minimum absolute atomic E-state index is 0.0686. The lowest BCUT2D eigenvalue weighted by Gasteiger charge is -2.13. The fourth-order valence-corrected chi connectivity index (χ4v) is 3.13. The molecule has 1 N–H and O–H groups in total. The third-order valence-corrected chi connectivity index (χ3v) is 4.27. The first kappa shape index (κ1) is 14.3. The van der Waals surface area contributed by atoms with Crippen LogP contribution in [0.25, 0.3) is 0 Å². The van der Waals surface area contributed by atoms with Crippen LogP contribution >= 0.6 is 23.5 Å². The molecule has 1 atom stereocenters. The van der Waals surface area contributed by atoms with E-state index in [-0.39, 0.29) is 6.04 Å². The predicted molar refractivity (Wildman–Crippen MR) is 68.2 cm³/mol. The molecule has 0 saturated heterocycles. The van der Waals surface area contributed by atoms with E-state index in [1.54, 1.807) is 0 Å². The summed E-state index contributed by atoms with van der Waals surface area (Å²) in [5, 5.41) is 4.22. The first-order valence-electron chi connectivity index (χ1n) is 5.11. The molecule has 0 radical (unpaired) electrons. The SMILES string of the molecule is CCSCSCCC(NC)C(=O)CC. The van der Waals surface area contributed by atoms with Crippen molar-refractivity contribution < 1.29 is 4.79 Å². The largest absolute Gasteiger partial charge is 0.311 e. The summed E-state index contributed by atoms with van der Waals surface area (Å²) in [5.74, 6) is 2.58. The van der Waals surface area contributed by atoms with Gasteiger partial charge in [-0.2, -0.15) is 23.5 Å². The number of hydrogen-bond donors (Lipinski definition) is 1. The quantitative estimate of drug-likeness (QED) is 0.491. The second kappa shape index (κ2) is 9.87. The van der Waals surface area contributed by atoms with Crippen LogP contribution in [0.2, 0.25) is 0 Å². The topological polar surface area (TPSA) is 29.1 Å². The van der Waals surface area contributed by atoms with Crippen molar-refractivity contribution in [3.05, 3.63) is 0 Å². The van der Waals surface area contributed by atoms with Crippen LogP contribution < -0.4 is 5.32 Å². The van der Waals surface area contributed by atoms with Gasteiger partial charge in [0.25, 0.3) is 0 Å². The summed E-state index contributed by atoms with van der Waals surface area (Å²) in [6.07, 6.45) is 1.60. The summed E-state index contributed by atoms with van der Waals surface area (Å²) in [6.45, 7) is 4.09. The highest BCUT2D eigenvalue weighted by atomic mass is 32.2. The summed E-state index contributed by atoms with van der Waals surface area (Å²) < 4.78 is 0. The molecule has 0 aliphatic heterocycles. The van der Waals surface area contributed by atoms with Crippen molar-refractivity contribution in [2.24, 2.45) is 0 Å². The second-order valence-corrected chi connectivity index (χ2v) is 5.71. The van der Waals surface area contributed by atoms with Crippen molar-refractivity contribution in [1.82, 2.24) is 5.32 Å². The Balaban J connectivity index is 3.48. The van der Waals surface area contributed by atoms with Gasteiger partial charge in [0.15, 0.2) is 0 Å². The van der Waals surface area contributed by atoms with Crippen LogP contribution in [0.5, 0.6) is 0 Å². The molecule has 0 aliphatic rings. The van der Waals surface area contributed by atoms with Crippen molar-refractivity contribution in [3.8, 4) is 0 Å². The molecule has 0 saturated carbocycles. The zero-order valence-electron chi connectivity index (χ0n) is 9.34. The van der Waals surface area contributed by atoms with Crippen LogP contribution in [-0.2, 0) is 4.79 Å². The van der Waals surface area contributed by atoms with Crippen molar-refractivity contribution in [2.45, 2.75) is 32.7 Å². The van der Waals surface area contributed by atoms with E-state index in [0.29, 0.717) is 12.2 Å². The smallest absolute Gasteiger partial charge is 0.149 e. The van der Waals surface area contributed by atoms with E-state index in [1.807, 2.05) is 37.5 Å². The molecule has 84 valence electrons. The van der Waals surface area contributed by atoms with Crippen LogP contribution in [0.4, 0.5) is 0 Å². The number of thioether (sulfide) groups is 2. The number of hydrogen-bond acceptors (Lipinski definition) is 4. The number of carbonyl (C=O) groups is 1. The molecule has 0 aliphatic carbocycles. The Labute approximate surface area is 96.0 Å². The van der Waals surface area contributed by atoms with E-state index in [1.165, 1.54) is 5.75 Å². The molecule has 0 rings (SSSR count). The van der Waals surface area contributed by atoms with Gasteiger partial charge in [0.05, 0.1) is 6.04 Å². The van der Waals surface area contributed by atoms with E-state index in [9.17, 15) is 4.79 Å². The lowest BCUT2D eigenvalue weighted by atomic mass is 10.1. The summed E-state index contributed by atoms with van der Waals surface area (Å²) >= 11 is 3.86. The lowest BCUT2D eigenvalue weighted by molar-refractivity contribution is -0.120. The highest BCUT2D eigenvalue weighted by molar-refractivity contribution is 8.15. The van der Waals surface area contributed by atoms with E-state index in [4.69, 9.17) is 0 Å². The Hall–Kier alpha value is 0.330. The molecule has 0 aromatic heterocycles. The minimum Gasteiger partial charge on any atom is -0.311 e. The van der Waals surface area contributed by atoms with Crippen molar-refractivity contribution in [3.63, 3.8) is 0 Å². The number of Topliss-reactive ketones (excluding diaryl/α,β-unsaturated/α-hetero) is 1. The summed E-state index contributed by atoms with van der Waals surface area (Å²) in [5.41, 5.74) is 0. The molecule has 0 fully saturated rings. The van der Waals surface area contributed by atoms with E-state index in [2.05, 4.69) is 12.2 Å². The van der Waals surface area contributed by atoms with Gasteiger partial charge >= 0.3 is 0 Å². The fraction of sp³-hybridized carbons (Fsp3) is 0.900. The van der Waals surface area contributed by atoms with Crippen molar-refractivity contribution in [1.29, 1.82) is 0 Å². The van der Waals surface area contributed by atoms with Crippen molar-refractivity contribution in [2.75, 3.05) is 23.6 Å². The van der Waals surface area contributed by atoms with Gasteiger partial charge in [-0.1, -0.05) is 13.8 Å². The molecule has 0 bridgehead atoms. The first-order valence-corrected chi connectivity index (χ1v) is 7.42. The van der Waals surface area contributed by atoms with Crippen LogP contribution in [0.15, 0.2) is 0 Å². The maximum atomic E-state index is 11.4. The lowest BCUT2D eigenvalue weighted by Crippen LogP contribution is -2.34. The monoisotopic (exact) mass is 235 g/mol. The Bertz CT molecular complexity index is 153. The molecular weight excluding hydrogens is 214 g/mol. The molecule has 0 spiro atoms. The first-order chi connectivity index (χ1) is 6.76. The number of nitrogens with one attached hydrogen (secondary N) is 1. The highest BCUT2D eigenvalue weighted by Gasteiger charge is 2.12. The average molecular weight is 235 g/mol. The number of likely N-dealkylation sites (N-methyl/N-ethyl adjacent to an activating group) is 1. The third-order valence-electron chi connectivity index (χ3n) is 2.01. The predicted octanol–water partition coefficient (Wildman–Crippen LogP) is 2.39. The molecule has 4 heteroatoms. The van der Waals surface area contributed by atoms with Gasteiger partial charge in [-0.3, -0.25) is 4.79 Å². The van der Waals surface area contributed by atoms with Gasteiger partial charge in [-0.05, 0) is 25.0 Å². The molecule has 1 unspecified atom stereocenters. The molecule has 2 nitrogen and oxygen atoms in total. The minimum atomic E-state index is 0.0686. The van der Waals surface area contributed by atoms with Crippen LogP contribution in [0, 0.1) is 0 Å². The van der Waals surface area contributed by atoms with Gasteiger partial charge in [-0.15, -0.1) is 0 Å². The zero-order chi connectivity index (χ0) is 10.8. The maximum Gasteiger partial charge on any atom is 0.149 e. The number of carbonyl (C=O) groups excluding carboxylic acids is 1. The zero-order valence-corrected chi connectivity index (χ0v) is 11.0. The number of rotatable bonds is 9. The summed E-state index contributed by atoms with van der Waals surface area (Å²) in [7, 11) is 1.86. The van der Waals surface area contributed by atoms with Gasteiger partial charge in [0.1, 0.15) is 5.78 Å². The van der Waals surface area contributed by atoms with Crippen LogP contribution in [-0.4, -0.2) is 35.5 Å².